The van der Waals surface area contributed by atoms with E-state index in [1.54, 1.807) is 12.1 Å². The fraction of sp³-hybridized carbons (Fsp3) is 0.444. The number of nitrogens with zero attached hydrogens (tertiary/aromatic N) is 1. The van der Waals surface area contributed by atoms with Gasteiger partial charge < -0.3 is 35.1 Å². The first kappa shape index (κ1) is 30.1. The summed E-state index contributed by atoms with van der Waals surface area (Å²) in [5, 5.41) is 24.7. The van der Waals surface area contributed by atoms with E-state index in [0.717, 1.165) is 5.56 Å². The van der Waals surface area contributed by atoms with Crippen molar-refractivity contribution in [3.63, 3.8) is 0 Å². The average Bonchev–Trinajstić information content (AvgIpc) is 3.42. The van der Waals surface area contributed by atoms with Gasteiger partial charge in [-0.1, -0.05) is 42.5 Å². The number of carbonyl (C=O) groups is 3. The lowest BCUT2D eigenvalue weighted by molar-refractivity contribution is -0.140. The minimum absolute atomic E-state index is 0.00677. The Hall–Kier alpha value is -3.48. The molecule has 210 valence electrons. The molecule has 0 aliphatic carbocycles. The molecule has 3 rings (SSSR count). The highest BCUT2D eigenvalue weighted by atomic mass is 19.1. The van der Waals surface area contributed by atoms with Crippen molar-refractivity contribution >= 4 is 25.0 Å². The smallest absolute Gasteiger partial charge is 0.445 e. The minimum atomic E-state index is -1.77. The van der Waals surface area contributed by atoms with Crippen LogP contribution in [0, 0.1) is 5.82 Å². The van der Waals surface area contributed by atoms with Crippen LogP contribution in [0.25, 0.3) is 0 Å². The molecule has 1 aliphatic heterocycles. The topological polar surface area (TPSA) is 137 Å². The number of carbonyl (C=O) groups excluding carboxylic acids is 3. The third-order valence-corrected chi connectivity index (χ3v) is 6.55. The second-order valence-electron chi connectivity index (χ2n) is 9.44. The van der Waals surface area contributed by atoms with Gasteiger partial charge in [0.25, 0.3) is 0 Å². The van der Waals surface area contributed by atoms with Gasteiger partial charge in [0.2, 0.25) is 11.8 Å². The van der Waals surface area contributed by atoms with Crippen molar-refractivity contribution in [1.82, 2.24) is 15.5 Å². The summed E-state index contributed by atoms with van der Waals surface area (Å²) >= 11 is 0. The third kappa shape index (κ3) is 9.34. The minimum Gasteiger partial charge on any atom is -0.445 e. The number of amides is 3. The van der Waals surface area contributed by atoms with E-state index in [9.17, 15) is 28.8 Å². The van der Waals surface area contributed by atoms with Crippen LogP contribution >= 0.6 is 0 Å². The van der Waals surface area contributed by atoms with Gasteiger partial charge in [-0.15, -0.1) is 0 Å². The Labute approximate surface area is 227 Å². The molecule has 10 nitrogen and oxygen atoms in total. The monoisotopic (exact) mass is 543 g/mol. The molecule has 1 heterocycles. The van der Waals surface area contributed by atoms with Crippen LogP contribution in [0.4, 0.5) is 9.18 Å². The molecule has 1 fully saturated rings. The highest BCUT2D eigenvalue weighted by Crippen LogP contribution is 2.21. The van der Waals surface area contributed by atoms with E-state index in [0.29, 0.717) is 31.4 Å². The number of benzene rings is 2. The van der Waals surface area contributed by atoms with Crippen LogP contribution in [0.2, 0.25) is 0 Å². The molecule has 39 heavy (non-hydrogen) atoms. The lowest BCUT2D eigenvalue weighted by Crippen LogP contribution is -2.56. The number of ether oxygens (including phenoxy) is 2. The summed E-state index contributed by atoms with van der Waals surface area (Å²) in [6.07, 6.45) is 0.967. The van der Waals surface area contributed by atoms with E-state index in [4.69, 9.17) is 9.47 Å². The zero-order valence-electron chi connectivity index (χ0n) is 21.9. The van der Waals surface area contributed by atoms with Crippen LogP contribution in [0.15, 0.2) is 54.6 Å². The Morgan fingerprint density at radius 3 is 2.46 bits per heavy atom. The molecule has 3 atom stereocenters. The van der Waals surface area contributed by atoms with Crippen molar-refractivity contribution in [2.45, 2.75) is 56.7 Å². The van der Waals surface area contributed by atoms with Gasteiger partial charge in [0.1, 0.15) is 24.5 Å². The van der Waals surface area contributed by atoms with Crippen LogP contribution in [-0.2, 0) is 32.1 Å². The van der Waals surface area contributed by atoms with Crippen molar-refractivity contribution in [3.8, 4) is 0 Å². The molecular weight excluding hydrogens is 508 g/mol. The second kappa shape index (κ2) is 15.2. The van der Waals surface area contributed by atoms with Gasteiger partial charge in [-0.05, 0) is 48.9 Å². The van der Waals surface area contributed by atoms with E-state index in [1.807, 2.05) is 18.2 Å². The molecule has 0 unspecified atom stereocenters. The van der Waals surface area contributed by atoms with Gasteiger partial charge in [-0.3, -0.25) is 9.59 Å². The van der Waals surface area contributed by atoms with Crippen LogP contribution in [-0.4, -0.2) is 78.3 Å². The molecule has 1 saturated heterocycles. The zero-order valence-corrected chi connectivity index (χ0v) is 21.9. The Kier molecular flexibility index (Phi) is 11.7. The maximum Gasteiger partial charge on any atom is 0.475 e. The Balaban J connectivity index is 1.71. The van der Waals surface area contributed by atoms with Crippen molar-refractivity contribution in [2.75, 3.05) is 20.3 Å². The predicted octanol–water partition coefficient (Wildman–Crippen LogP) is 1.58. The Morgan fingerprint density at radius 1 is 1.08 bits per heavy atom. The maximum atomic E-state index is 13.7. The molecule has 2 aromatic rings. The quantitative estimate of drug-likeness (QED) is 0.222. The van der Waals surface area contributed by atoms with E-state index in [-0.39, 0.29) is 26.0 Å². The maximum absolute atomic E-state index is 13.7. The number of likely N-dealkylation sites (tertiary alicyclic amines) is 1. The lowest BCUT2D eigenvalue weighted by atomic mass is 9.76. The number of nitrogens with one attached hydrogen (secondary N) is 2. The van der Waals surface area contributed by atoms with Gasteiger partial charge in [0.15, 0.2) is 0 Å². The molecule has 0 aromatic heterocycles. The molecule has 0 radical (unpaired) electrons. The number of halogens is 1. The first-order valence-corrected chi connectivity index (χ1v) is 13.0. The highest BCUT2D eigenvalue weighted by Gasteiger charge is 2.39. The molecule has 1 aliphatic rings. The summed E-state index contributed by atoms with van der Waals surface area (Å²) in [5.74, 6) is -2.36. The van der Waals surface area contributed by atoms with Crippen molar-refractivity contribution in [1.29, 1.82) is 0 Å². The van der Waals surface area contributed by atoms with Gasteiger partial charge in [-0.2, -0.15) is 0 Å². The molecule has 3 amide bonds. The Bertz CT molecular complexity index is 1070. The summed E-state index contributed by atoms with van der Waals surface area (Å²) in [7, 11) is -0.248. The molecule has 12 heteroatoms. The van der Waals surface area contributed by atoms with Crippen molar-refractivity contribution in [3.05, 3.63) is 71.5 Å². The summed E-state index contributed by atoms with van der Waals surface area (Å²) in [6.45, 7) is 0.685. The largest absolute Gasteiger partial charge is 0.475 e. The SMILES string of the molecule is COCCC[C@H](NC(=O)[C@@H]1CCCN1C(=O)[C@@H](Cc1ccc(F)cc1)NC(=O)OCc1ccccc1)B(O)O. The average molecular weight is 543 g/mol. The predicted molar refractivity (Wildman–Crippen MR) is 142 cm³/mol. The summed E-state index contributed by atoms with van der Waals surface area (Å²) < 4.78 is 23.7. The normalized spacial score (nSPS) is 16.3. The van der Waals surface area contributed by atoms with E-state index >= 15 is 0 Å². The van der Waals surface area contributed by atoms with Gasteiger partial charge in [0, 0.05) is 26.7 Å². The molecule has 0 spiro atoms. The van der Waals surface area contributed by atoms with E-state index in [2.05, 4.69) is 10.6 Å². The fourth-order valence-electron chi connectivity index (χ4n) is 4.49. The molecular formula is C27H35BFN3O7. The highest BCUT2D eigenvalue weighted by molar-refractivity contribution is 6.43. The van der Waals surface area contributed by atoms with E-state index in [1.165, 1.54) is 36.3 Å². The van der Waals surface area contributed by atoms with E-state index < -0.39 is 48.9 Å². The van der Waals surface area contributed by atoms with Gasteiger partial charge >= 0.3 is 13.2 Å². The molecule has 2 aromatic carbocycles. The second-order valence-corrected chi connectivity index (χ2v) is 9.44. The van der Waals surface area contributed by atoms with Crippen LogP contribution in [0.5, 0.6) is 0 Å². The van der Waals surface area contributed by atoms with Gasteiger partial charge in [0.05, 0.1) is 5.94 Å². The van der Waals surface area contributed by atoms with Gasteiger partial charge in [-0.25, -0.2) is 9.18 Å². The number of hydrogen-bond acceptors (Lipinski definition) is 7. The number of alkyl carbamates (subject to hydrolysis) is 1. The van der Waals surface area contributed by atoms with Crippen LogP contribution < -0.4 is 10.6 Å². The molecule has 4 N–H and O–H groups in total. The van der Waals surface area contributed by atoms with Crippen molar-refractivity contribution in [2.24, 2.45) is 0 Å². The number of hydrogen-bond donors (Lipinski definition) is 4. The fourth-order valence-corrected chi connectivity index (χ4v) is 4.49. The number of methoxy groups -OCH3 is 1. The standard InChI is InChI=1S/C27H35BFN3O7/c1-38-16-6-10-24(28(36)37)31-25(33)23-9-5-15-32(23)26(34)22(17-19-11-13-21(29)14-12-19)30-27(35)39-18-20-7-3-2-4-8-20/h2-4,7-8,11-14,22-24,36-37H,5-6,9-10,15-18H2,1H3,(H,30,35)(H,31,33)/t22-,23+,24+/m1/s1. The summed E-state index contributed by atoms with van der Waals surface area (Å²) in [6, 6.07) is 12.7. The van der Waals surface area contributed by atoms with Crippen LogP contribution in [0.3, 0.4) is 0 Å². The molecule has 0 bridgehead atoms. The summed E-state index contributed by atoms with van der Waals surface area (Å²) in [5.41, 5.74) is 1.39. The number of rotatable bonds is 13. The third-order valence-electron chi connectivity index (χ3n) is 6.55. The lowest BCUT2D eigenvalue weighted by Gasteiger charge is -2.30. The first-order valence-electron chi connectivity index (χ1n) is 13.0. The first-order chi connectivity index (χ1) is 18.8. The molecule has 0 saturated carbocycles. The van der Waals surface area contributed by atoms with Crippen LogP contribution in [0.1, 0.15) is 36.8 Å². The Morgan fingerprint density at radius 2 is 1.79 bits per heavy atom. The van der Waals surface area contributed by atoms with Crippen molar-refractivity contribution < 1.29 is 38.3 Å². The summed E-state index contributed by atoms with van der Waals surface area (Å²) in [4.78, 5) is 40.8. The zero-order chi connectivity index (χ0) is 28.2.